The summed E-state index contributed by atoms with van der Waals surface area (Å²) >= 11 is 0. The molecule has 0 saturated carbocycles. The molecule has 1 nitrogen and oxygen atoms in total. The third-order valence-electron chi connectivity index (χ3n) is 1.06. The largest absolute Gasteiger partial charge is 0.407 e. The first-order valence-electron chi connectivity index (χ1n) is 2.47. The minimum atomic E-state index is -4.15. The van der Waals surface area contributed by atoms with Crippen LogP contribution in [0.4, 0.5) is 13.2 Å². The van der Waals surface area contributed by atoms with Crippen molar-refractivity contribution in [1.82, 2.24) is 5.32 Å². The molecular formula is C5H5F3N. The topological polar surface area (TPSA) is 12.0 Å². The SMILES string of the molecule is FC(F)(F)C1C=[C]CN1. The van der Waals surface area contributed by atoms with Crippen molar-refractivity contribution in [2.75, 3.05) is 6.54 Å². The van der Waals surface area contributed by atoms with Gasteiger partial charge in [0.25, 0.3) is 0 Å². The Kier molecular flexibility index (Phi) is 1.48. The lowest BCUT2D eigenvalue weighted by Crippen LogP contribution is -2.37. The highest BCUT2D eigenvalue weighted by Gasteiger charge is 2.38. The molecule has 0 bridgehead atoms. The Morgan fingerprint density at radius 2 is 2.22 bits per heavy atom. The molecule has 1 rings (SSSR count). The first-order valence-corrected chi connectivity index (χ1v) is 2.47. The molecule has 0 amide bonds. The van der Waals surface area contributed by atoms with Crippen LogP contribution < -0.4 is 5.32 Å². The van der Waals surface area contributed by atoms with Crippen LogP contribution >= 0.6 is 0 Å². The molecule has 1 aliphatic rings. The summed E-state index contributed by atoms with van der Waals surface area (Å²) in [4.78, 5) is 0. The fourth-order valence-electron chi connectivity index (χ4n) is 0.615. The molecule has 1 unspecified atom stereocenters. The molecule has 0 saturated heterocycles. The van der Waals surface area contributed by atoms with E-state index in [4.69, 9.17) is 0 Å². The van der Waals surface area contributed by atoms with Gasteiger partial charge in [-0.15, -0.1) is 0 Å². The van der Waals surface area contributed by atoms with Crippen molar-refractivity contribution in [2.45, 2.75) is 12.2 Å². The molecule has 0 aliphatic carbocycles. The van der Waals surface area contributed by atoms with E-state index >= 15 is 0 Å². The first kappa shape index (κ1) is 6.61. The van der Waals surface area contributed by atoms with Crippen LogP contribution in [-0.4, -0.2) is 18.8 Å². The van der Waals surface area contributed by atoms with Gasteiger partial charge in [-0.25, -0.2) is 0 Å². The highest BCUT2D eigenvalue weighted by molar-refractivity contribution is 5.00. The van der Waals surface area contributed by atoms with Crippen molar-refractivity contribution < 1.29 is 13.2 Å². The summed E-state index contributed by atoms with van der Waals surface area (Å²) in [6.45, 7) is 0.199. The molecule has 0 aromatic heterocycles. The highest BCUT2D eigenvalue weighted by atomic mass is 19.4. The van der Waals surface area contributed by atoms with Crippen LogP contribution in [0.5, 0.6) is 0 Å². The van der Waals surface area contributed by atoms with Crippen LogP contribution in [0.1, 0.15) is 0 Å². The van der Waals surface area contributed by atoms with Gasteiger partial charge in [0, 0.05) is 6.54 Å². The summed E-state index contributed by atoms with van der Waals surface area (Å²) in [7, 11) is 0. The van der Waals surface area contributed by atoms with Gasteiger partial charge in [-0.1, -0.05) is 6.08 Å². The van der Waals surface area contributed by atoms with Crippen LogP contribution in [-0.2, 0) is 0 Å². The zero-order valence-corrected chi connectivity index (χ0v) is 4.50. The normalized spacial score (nSPS) is 27.2. The summed E-state index contributed by atoms with van der Waals surface area (Å²) < 4.78 is 34.9. The Balaban J connectivity index is 2.53. The van der Waals surface area contributed by atoms with Crippen LogP contribution in [0.2, 0.25) is 0 Å². The second-order valence-corrected chi connectivity index (χ2v) is 1.77. The van der Waals surface area contributed by atoms with Gasteiger partial charge in [-0.05, 0) is 6.08 Å². The third kappa shape index (κ3) is 1.45. The van der Waals surface area contributed by atoms with E-state index < -0.39 is 12.2 Å². The van der Waals surface area contributed by atoms with Crippen molar-refractivity contribution >= 4 is 0 Å². The van der Waals surface area contributed by atoms with Crippen LogP contribution in [0.25, 0.3) is 0 Å². The van der Waals surface area contributed by atoms with E-state index in [0.29, 0.717) is 0 Å². The molecule has 4 heteroatoms. The summed E-state index contributed by atoms with van der Waals surface area (Å²) in [6.07, 6.45) is -0.727. The molecule has 0 aromatic carbocycles. The molecule has 1 atom stereocenters. The standard InChI is InChI=1S/C5H5F3N/c6-5(7,8)4-2-1-3-9-4/h2,4,9H,3H2. The van der Waals surface area contributed by atoms with Crippen molar-refractivity contribution in [1.29, 1.82) is 0 Å². The summed E-state index contributed by atoms with van der Waals surface area (Å²) in [5, 5.41) is 2.20. The van der Waals surface area contributed by atoms with E-state index in [1.54, 1.807) is 0 Å². The van der Waals surface area contributed by atoms with Gasteiger partial charge in [-0.3, -0.25) is 5.32 Å². The lowest BCUT2D eigenvalue weighted by atomic mass is 10.3. The van der Waals surface area contributed by atoms with Crippen LogP contribution in [0.3, 0.4) is 0 Å². The second kappa shape index (κ2) is 2.02. The van der Waals surface area contributed by atoms with Gasteiger partial charge < -0.3 is 0 Å². The summed E-state index contributed by atoms with van der Waals surface area (Å²) in [6, 6.07) is -1.47. The van der Waals surface area contributed by atoms with E-state index in [9.17, 15) is 13.2 Å². The van der Waals surface area contributed by atoms with Gasteiger partial charge in [0.05, 0.1) is 0 Å². The molecule has 0 spiro atoms. The molecule has 0 fully saturated rings. The molecular weight excluding hydrogens is 131 g/mol. The predicted octanol–water partition coefficient (Wildman–Crippen LogP) is 0.880. The Morgan fingerprint density at radius 1 is 1.56 bits per heavy atom. The summed E-state index contributed by atoms with van der Waals surface area (Å²) in [5.41, 5.74) is 0. The van der Waals surface area contributed by atoms with Gasteiger partial charge in [0.2, 0.25) is 0 Å². The minimum Gasteiger partial charge on any atom is -0.299 e. The fourth-order valence-corrected chi connectivity index (χ4v) is 0.615. The van der Waals surface area contributed by atoms with Crippen LogP contribution in [0.15, 0.2) is 6.08 Å². The summed E-state index contributed by atoms with van der Waals surface area (Å²) in [5.74, 6) is 0. The average Bonchev–Trinajstić information content (AvgIpc) is 2.08. The van der Waals surface area contributed by atoms with Gasteiger partial charge in [-0.2, -0.15) is 13.2 Å². The van der Waals surface area contributed by atoms with E-state index in [-0.39, 0.29) is 6.54 Å². The van der Waals surface area contributed by atoms with Crippen molar-refractivity contribution in [3.8, 4) is 0 Å². The number of hydrogen-bond donors (Lipinski definition) is 1. The van der Waals surface area contributed by atoms with Crippen molar-refractivity contribution in [2.24, 2.45) is 0 Å². The van der Waals surface area contributed by atoms with E-state index in [1.165, 1.54) is 0 Å². The maximum Gasteiger partial charge on any atom is 0.407 e. The smallest absolute Gasteiger partial charge is 0.299 e. The predicted molar refractivity (Wildman–Crippen MR) is 25.7 cm³/mol. The van der Waals surface area contributed by atoms with E-state index in [1.807, 2.05) is 0 Å². The number of halogens is 3. The lowest BCUT2D eigenvalue weighted by Gasteiger charge is -2.12. The van der Waals surface area contributed by atoms with Gasteiger partial charge in [0.1, 0.15) is 6.04 Å². The minimum absolute atomic E-state index is 0.199. The van der Waals surface area contributed by atoms with Crippen molar-refractivity contribution in [3.05, 3.63) is 12.2 Å². The highest BCUT2D eigenvalue weighted by Crippen LogP contribution is 2.22. The quantitative estimate of drug-likeness (QED) is 0.521. The number of hydrogen-bond acceptors (Lipinski definition) is 1. The Labute approximate surface area is 50.6 Å². The molecule has 9 heavy (non-hydrogen) atoms. The Morgan fingerprint density at radius 3 is 2.44 bits per heavy atom. The zero-order chi connectivity index (χ0) is 6.91. The zero-order valence-electron chi connectivity index (χ0n) is 4.50. The van der Waals surface area contributed by atoms with Gasteiger partial charge >= 0.3 is 6.18 Å². The number of rotatable bonds is 0. The molecule has 1 aliphatic heterocycles. The molecule has 0 aromatic rings. The second-order valence-electron chi connectivity index (χ2n) is 1.77. The average molecular weight is 136 g/mol. The molecule has 1 radical (unpaired) electrons. The maximum absolute atomic E-state index is 11.6. The first-order chi connectivity index (χ1) is 4.11. The number of nitrogens with one attached hydrogen (secondary N) is 1. The Hall–Kier alpha value is -0.510. The van der Waals surface area contributed by atoms with E-state index in [0.717, 1.165) is 6.08 Å². The fraction of sp³-hybridized carbons (Fsp3) is 0.600. The number of alkyl halides is 3. The van der Waals surface area contributed by atoms with Crippen molar-refractivity contribution in [3.63, 3.8) is 0 Å². The lowest BCUT2D eigenvalue weighted by molar-refractivity contribution is -0.142. The maximum atomic E-state index is 11.6. The van der Waals surface area contributed by atoms with Gasteiger partial charge in [0.15, 0.2) is 0 Å². The molecule has 51 valence electrons. The Bertz CT molecular complexity index is 127. The monoisotopic (exact) mass is 136 g/mol. The van der Waals surface area contributed by atoms with E-state index in [2.05, 4.69) is 11.4 Å². The third-order valence-corrected chi connectivity index (χ3v) is 1.06. The molecule has 1 N–H and O–H groups in total. The van der Waals surface area contributed by atoms with Crippen LogP contribution in [0, 0.1) is 6.08 Å². The molecule has 1 heterocycles.